The molecule has 0 radical (unpaired) electrons. The zero-order valence-corrected chi connectivity index (χ0v) is 13.9. The van der Waals surface area contributed by atoms with Crippen LogP contribution in [0.4, 0.5) is 0 Å². The van der Waals surface area contributed by atoms with Crippen molar-refractivity contribution in [1.29, 1.82) is 0 Å². The second kappa shape index (κ2) is 5.35. The predicted molar refractivity (Wildman–Crippen MR) is 86.2 cm³/mol. The Balaban J connectivity index is 1.81. The fraction of sp³-hybridized carbons (Fsp3) is 0.667. The molecule has 2 fully saturated rings. The summed E-state index contributed by atoms with van der Waals surface area (Å²) in [7, 11) is 0. The fourth-order valence-corrected chi connectivity index (χ4v) is 4.58. The summed E-state index contributed by atoms with van der Waals surface area (Å²) >= 11 is 3.65. The number of thioether (sulfide) groups is 1. The minimum Gasteiger partial charge on any atom is -0.320 e. The van der Waals surface area contributed by atoms with Crippen molar-refractivity contribution in [2.45, 2.75) is 38.4 Å². The van der Waals surface area contributed by atoms with Crippen LogP contribution in [0, 0.1) is 12.8 Å². The first kappa shape index (κ1) is 14.4. The molecule has 2 atom stereocenters. The average molecular weight is 310 g/mol. The van der Waals surface area contributed by atoms with E-state index in [-0.39, 0.29) is 11.7 Å². The number of carbonyl (C=O) groups excluding carboxylic acids is 1. The lowest BCUT2D eigenvalue weighted by molar-refractivity contribution is -0.131. The van der Waals surface area contributed by atoms with Crippen LogP contribution >= 0.6 is 23.1 Å². The molecule has 3 nitrogen and oxygen atoms in total. The Bertz CT molecular complexity index is 510. The number of nitrogens with zero attached hydrogens (tertiary/aromatic N) is 1. The van der Waals surface area contributed by atoms with Gasteiger partial charge in [0.2, 0.25) is 5.91 Å². The Hall–Kier alpha value is -0.520. The first-order valence-electron chi connectivity index (χ1n) is 7.20. The molecule has 1 aliphatic carbocycles. The molecule has 1 aliphatic heterocycles. The van der Waals surface area contributed by atoms with Gasteiger partial charge in [-0.3, -0.25) is 10.1 Å². The van der Waals surface area contributed by atoms with Gasteiger partial charge >= 0.3 is 0 Å². The zero-order chi connectivity index (χ0) is 14.3. The highest BCUT2D eigenvalue weighted by Gasteiger charge is 2.59. The van der Waals surface area contributed by atoms with Gasteiger partial charge in [-0.25, -0.2) is 0 Å². The molecular formula is C15H22N2OS2. The SMILES string of the molecule is CSCC(C)CN1C(=O)C2(CC2)NC1c1ccc(C)s1. The minimum absolute atomic E-state index is 0.0907. The number of carbonyl (C=O) groups is 1. The minimum atomic E-state index is -0.221. The predicted octanol–water partition coefficient (Wildman–Crippen LogP) is 3.02. The van der Waals surface area contributed by atoms with Crippen LogP contribution in [0.5, 0.6) is 0 Å². The van der Waals surface area contributed by atoms with Crippen molar-refractivity contribution in [3.05, 3.63) is 21.9 Å². The molecule has 0 bridgehead atoms. The van der Waals surface area contributed by atoms with E-state index < -0.39 is 0 Å². The van der Waals surface area contributed by atoms with Gasteiger partial charge in [0.15, 0.2) is 0 Å². The van der Waals surface area contributed by atoms with Gasteiger partial charge in [0.25, 0.3) is 0 Å². The van der Waals surface area contributed by atoms with Gasteiger partial charge in [0.1, 0.15) is 11.7 Å². The molecule has 1 amide bonds. The van der Waals surface area contributed by atoms with Gasteiger partial charge in [0.05, 0.1) is 0 Å². The standard InChI is InChI=1S/C15H22N2OS2/c1-10(9-19-3)8-17-13(12-5-4-11(2)20-12)16-15(6-7-15)14(17)18/h4-5,10,13,16H,6-9H2,1-3H3. The van der Waals surface area contributed by atoms with Crippen LogP contribution in [-0.4, -0.2) is 34.9 Å². The quantitative estimate of drug-likeness (QED) is 0.907. The summed E-state index contributed by atoms with van der Waals surface area (Å²) < 4.78 is 0. The first-order valence-corrected chi connectivity index (χ1v) is 9.41. The molecule has 2 aliphatic rings. The molecule has 110 valence electrons. The van der Waals surface area contributed by atoms with Gasteiger partial charge in [-0.2, -0.15) is 11.8 Å². The summed E-state index contributed by atoms with van der Waals surface area (Å²) in [6.07, 6.45) is 4.22. The normalized spacial score (nSPS) is 25.4. The first-order chi connectivity index (χ1) is 9.55. The lowest BCUT2D eigenvalue weighted by atomic mass is 10.2. The number of hydrogen-bond acceptors (Lipinski definition) is 4. The van der Waals surface area contributed by atoms with E-state index in [0.717, 1.165) is 25.1 Å². The van der Waals surface area contributed by atoms with Crippen molar-refractivity contribution in [2.75, 3.05) is 18.6 Å². The highest BCUT2D eigenvalue weighted by atomic mass is 32.2. The summed E-state index contributed by atoms with van der Waals surface area (Å²) in [6, 6.07) is 4.31. The molecule has 20 heavy (non-hydrogen) atoms. The van der Waals surface area contributed by atoms with Crippen molar-refractivity contribution < 1.29 is 4.79 Å². The zero-order valence-electron chi connectivity index (χ0n) is 12.3. The van der Waals surface area contributed by atoms with Crippen LogP contribution in [0.2, 0.25) is 0 Å². The number of nitrogens with one attached hydrogen (secondary N) is 1. The average Bonchev–Trinajstić information content (AvgIpc) is 3.00. The van der Waals surface area contributed by atoms with Crippen molar-refractivity contribution in [2.24, 2.45) is 5.92 Å². The topological polar surface area (TPSA) is 32.3 Å². The van der Waals surface area contributed by atoms with Crippen molar-refractivity contribution >= 4 is 29.0 Å². The molecule has 1 saturated carbocycles. The van der Waals surface area contributed by atoms with E-state index in [2.05, 4.69) is 42.5 Å². The van der Waals surface area contributed by atoms with Crippen LogP contribution in [0.15, 0.2) is 12.1 Å². The second-order valence-electron chi connectivity index (χ2n) is 6.10. The maximum atomic E-state index is 12.7. The highest BCUT2D eigenvalue weighted by molar-refractivity contribution is 7.98. The van der Waals surface area contributed by atoms with Gasteiger partial charge in [-0.1, -0.05) is 6.92 Å². The third-order valence-corrected chi connectivity index (χ3v) is 6.09. The molecule has 2 unspecified atom stereocenters. The summed E-state index contributed by atoms with van der Waals surface area (Å²) in [4.78, 5) is 17.3. The maximum absolute atomic E-state index is 12.7. The molecule has 1 spiro atoms. The Morgan fingerprint density at radius 3 is 2.85 bits per heavy atom. The molecule has 2 heterocycles. The summed E-state index contributed by atoms with van der Waals surface area (Å²) in [6.45, 7) is 5.22. The van der Waals surface area contributed by atoms with E-state index in [0.29, 0.717) is 11.8 Å². The van der Waals surface area contributed by atoms with E-state index in [4.69, 9.17) is 0 Å². The number of rotatable bonds is 5. The van der Waals surface area contributed by atoms with E-state index in [1.165, 1.54) is 9.75 Å². The van der Waals surface area contributed by atoms with Crippen LogP contribution in [0.3, 0.4) is 0 Å². The third kappa shape index (κ3) is 2.51. The fourth-order valence-electron chi connectivity index (χ4n) is 2.96. The smallest absolute Gasteiger partial charge is 0.244 e. The van der Waals surface area contributed by atoms with E-state index >= 15 is 0 Å². The van der Waals surface area contributed by atoms with Gasteiger partial charge < -0.3 is 4.90 Å². The Kier molecular flexibility index (Phi) is 3.86. The van der Waals surface area contributed by atoms with E-state index in [9.17, 15) is 4.79 Å². The number of hydrogen-bond donors (Lipinski definition) is 1. The van der Waals surface area contributed by atoms with Gasteiger partial charge in [0, 0.05) is 16.3 Å². The van der Waals surface area contributed by atoms with Crippen LogP contribution in [-0.2, 0) is 4.79 Å². The monoisotopic (exact) mass is 310 g/mol. The Labute approximate surface area is 129 Å². The second-order valence-corrected chi connectivity index (χ2v) is 8.33. The van der Waals surface area contributed by atoms with E-state index in [1.807, 2.05) is 11.8 Å². The molecular weight excluding hydrogens is 288 g/mol. The molecule has 1 aromatic rings. The van der Waals surface area contributed by atoms with Crippen molar-refractivity contribution in [1.82, 2.24) is 10.2 Å². The van der Waals surface area contributed by atoms with Crippen LogP contribution in [0.1, 0.15) is 35.7 Å². The Morgan fingerprint density at radius 2 is 2.30 bits per heavy atom. The van der Waals surface area contributed by atoms with Crippen LogP contribution < -0.4 is 5.32 Å². The molecule has 1 N–H and O–H groups in total. The number of thiophene rings is 1. The maximum Gasteiger partial charge on any atom is 0.244 e. The Morgan fingerprint density at radius 1 is 1.55 bits per heavy atom. The summed E-state index contributed by atoms with van der Waals surface area (Å²) in [5.41, 5.74) is -0.221. The van der Waals surface area contributed by atoms with E-state index in [1.54, 1.807) is 11.3 Å². The number of amides is 1. The lowest BCUT2D eigenvalue weighted by Gasteiger charge is -2.26. The summed E-state index contributed by atoms with van der Waals surface area (Å²) in [5, 5.41) is 3.60. The number of aryl methyl sites for hydroxylation is 1. The molecule has 1 aromatic heterocycles. The van der Waals surface area contributed by atoms with Gasteiger partial charge in [-0.15, -0.1) is 11.3 Å². The molecule has 1 saturated heterocycles. The molecule has 3 rings (SSSR count). The largest absolute Gasteiger partial charge is 0.320 e. The third-order valence-electron chi connectivity index (χ3n) is 4.14. The molecule has 0 aromatic carbocycles. The summed E-state index contributed by atoms with van der Waals surface area (Å²) in [5.74, 6) is 1.96. The highest BCUT2D eigenvalue weighted by Crippen LogP contribution is 2.47. The lowest BCUT2D eigenvalue weighted by Crippen LogP contribution is -2.35. The molecule has 5 heteroatoms. The van der Waals surface area contributed by atoms with Crippen LogP contribution in [0.25, 0.3) is 0 Å². The van der Waals surface area contributed by atoms with Crippen molar-refractivity contribution in [3.63, 3.8) is 0 Å². The van der Waals surface area contributed by atoms with Crippen molar-refractivity contribution in [3.8, 4) is 0 Å². The van der Waals surface area contributed by atoms with Gasteiger partial charge in [-0.05, 0) is 49.8 Å².